The fourth-order valence-electron chi connectivity index (χ4n) is 2.95. The molecule has 1 aliphatic heterocycles. The van der Waals surface area contributed by atoms with E-state index in [4.69, 9.17) is 0 Å². The van der Waals surface area contributed by atoms with Gasteiger partial charge in [-0.2, -0.15) is 0 Å². The first-order valence-corrected chi connectivity index (χ1v) is 9.88. The third-order valence-corrected chi connectivity index (χ3v) is 5.11. The molecule has 1 aromatic heterocycles. The number of carbonyl (C=O) groups is 2. The summed E-state index contributed by atoms with van der Waals surface area (Å²) in [7, 11) is 0. The minimum Gasteiger partial charge on any atom is -0.352 e. The fraction of sp³-hybridized carbons (Fsp3) is 0.421. The minimum atomic E-state index is -0.170. The highest BCUT2D eigenvalue weighted by Crippen LogP contribution is 2.18. The van der Waals surface area contributed by atoms with Crippen LogP contribution in [0.2, 0.25) is 0 Å². The number of anilines is 1. The van der Waals surface area contributed by atoms with Crippen molar-refractivity contribution in [3.8, 4) is 0 Å². The molecule has 0 aliphatic carbocycles. The van der Waals surface area contributed by atoms with Gasteiger partial charge in [0.05, 0.1) is 5.69 Å². The molecule has 0 saturated carbocycles. The number of nitrogens with zero attached hydrogens (tertiary/aromatic N) is 2. The summed E-state index contributed by atoms with van der Waals surface area (Å²) in [5.74, 6) is -0.311. The second-order valence-electron chi connectivity index (χ2n) is 6.40. The molecule has 3 rings (SSSR count). The molecule has 0 bridgehead atoms. The number of thiazole rings is 1. The molecular formula is C19H24N4O2S. The highest BCUT2D eigenvalue weighted by atomic mass is 32.1. The van der Waals surface area contributed by atoms with E-state index in [-0.39, 0.29) is 18.2 Å². The van der Waals surface area contributed by atoms with Crippen molar-refractivity contribution in [2.24, 2.45) is 0 Å². The molecule has 7 heteroatoms. The van der Waals surface area contributed by atoms with Crippen molar-refractivity contribution in [1.29, 1.82) is 0 Å². The maximum Gasteiger partial charge on any atom is 0.251 e. The van der Waals surface area contributed by atoms with E-state index in [1.807, 2.05) is 23.6 Å². The number of likely N-dealkylation sites (tertiary alicyclic amines) is 1. The van der Waals surface area contributed by atoms with Crippen LogP contribution < -0.4 is 10.6 Å². The van der Waals surface area contributed by atoms with E-state index in [1.165, 1.54) is 30.6 Å². The first-order valence-electron chi connectivity index (χ1n) is 9.00. The molecule has 2 heterocycles. The Morgan fingerprint density at radius 2 is 1.88 bits per heavy atom. The van der Waals surface area contributed by atoms with Crippen LogP contribution in [0.15, 0.2) is 35.7 Å². The molecule has 0 unspecified atom stereocenters. The van der Waals surface area contributed by atoms with Crippen LogP contribution in [0.25, 0.3) is 0 Å². The topological polar surface area (TPSA) is 74.3 Å². The summed E-state index contributed by atoms with van der Waals surface area (Å²) < 4.78 is 0. The van der Waals surface area contributed by atoms with Gasteiger partial charge >= 0.3 is 0 Å². The smallest absolute Gasteiger partial charge is 0.251 e. The van der Waals surface area contributed by atoms with E-state index in [2.05, 4.69) is 20.5 Å². The lowest BCUT2D eigenvalue weighted by atomic mass is 10.1. The summed E-state index contributed by atoms with van der Waals surface area (Å²) in [6.07, 6.45) is 4.04. The molecular weight excluding hydrogens is 348 g/mol. The van der Waals surface area contributed by atoms with Crippen molar-refractivity contribution in [1.82, 2.24) is 15.2 Å². The van der Waals surface area contributed by atoms with E-state index in [9.17, 15) is 9.59 Å². The van der Waals surface area contributed by atoms with Crippen LogP contribution in [-0.4, -0.2) is 41.3 Å². The van der Waals surface area contributed by atoms with Gasteiger partial charge in [-0.3, -0.25) is 14.5 Å². The second-order valence-corrected chi connectivity index (χ2v) is 7.26. The zero-order valence-electron chi connectivity index (χ0n) is 14.7. The second kappa shape index (κ2) is 9.45. The molecule has 138 valence electrons. The molecule has 26 heavy (non-hydrogen) atoms. The van der Waals surface area contributed by atoms with Crippen molar-refractivity contribution < 1.29 is 9.59 Å². The Hall–Kier alpha value is -2.25. The van der Waals surface area contributed by atoms with Crippen molar-refractivity contribution in [3.05, 3.63) is 47.0 Å². The molecule has 1 aromatic carbocycles. The van der Waals surface area contributed by atoms with Gasteiger partial charge < -0.3 is 10.6 Å². The Morgan fingerprint density at radius 3 is 2.65 bits per heavy atom. The van der Waals surface area contributed by atoms with Gasteiger partial charge in [-0.15, -0.1) is 11.3 Å². The van der Waals surface area contributed by atoms with Crippen molar-refractivity contribution in [3.63, 3.8) is 0 Å². The van der Waals surface area contributed by atoms with Gasteiger partial charge in [0.1, 0.15) is 0 Å². The standard InChI is InChI=1S/C19H24N4O2S/c24-17(9-10-20-18(25)15-7-3-1-4-8-15)22-19-21-16(14-26-19)13-23-11-5-2-6-12-23/h1,3-4,7-8,14H,2,5-6,9-13H2,(H,20,25)(H,21,22,24). The molecule has 1 saturated heterocycles. The lowest BCUT2D eigenvalue weighted by Gasteiger charge is -2.25. The Bertz CT molecular complexity index is 726. The SMILES string of the molecule is O=C(CCNC(=O)c1ccccc1)Nc1nc(CN2CCCCC2)cs1. The molecule has 1 fully saturated rings. The molecule has 2 N–H and O–H groups in total. The maximum absolute atomic E-state index is 12.0. The van der Waals surface area contributed by atoms with Gasteiger partial charge in [0, 0.05) is 30.5 Å². The average Bonchev–Trinajstić information content (AvgIpc) is 3.10. The van der Waals surface area contributed by atoms with E-state index in [0.29, 0.717) is 17.2 Å². The summed E-state index contributed by atoms with van der Waals surface area (Å²) in [6, 6.07) is 8.97. The zero-order chi connectivity index (χ0) is 18.2. The molecule has 1 aliphatic rings. The first kappa shape index (κ1) is 18.5. The van der Waals surface area contributed by atoms with Crippen molar-refractivity contribution in [2.75, 3.05) is 25.0 Å². The van der Waals surface area contributed by atoms with E-state index in [1.54, 1.807) is 12.1 Å². The number of aromatic nitrogens is 1. The van der Waals surface area contributed by atoms with Crippen LogP contribution in [-0.2, 0) is 11.3 Å². The van der Waals surface area contributed by atoms with Crippen LogP contribution in [0.1, 0.15) is 41.7 Å². The number of nitrogens with one attached hydrogen (secondary N) is 2. The largest absolute Gasteiger partial charge is 0.352 e. The van der Waals surface area contributed by atoms with Gasteiger partial charge in [0.15, 0.2) is 5.13 Å². The minimum absolute atomic E-state index is 0.141. The van der Waals surface area contributed by atoms with Gasteiger partial charge in [-0.05, 0) is 38.1 Å². The highest BCUT2D eigenvalue weighted by molar-refractivity contribution is 7.13. The fourth-order valence-corrected chi connectivity index (χ4v) is 3.66. The normalized spacial score (nSPS) is 14.8. The summed E-state index contributed by atoms with van der Waals surface area (Å²) in [4.78, 5) is 30.8. The van der Waals surface area contributed by atoms with Gasteiger partial charge in [0.25, 0.3) is 5.91 Å². The van der Waals surface area contributed by atoms with Crippen molar-refractivity contribution in [2.45, 2.75) is 32.2 Å². The van der Waals surface area contributed by atoms with Crippen LogP contribution >= 0.6 is 11.3 Å². The van der Waals surface area contributed by atoms with Crippen LogP contribution in [0.5, 0.6) is 0 Å². The van der Waals surface area contributed by atoms with E-state index in [0.717, 1.165) is 25.3 Å². The number of amides is 2. The Balaban J connectivity index is 1.38. The molecule has 0 radical (unpaired) electrons. The average molecular weight is 372 g/mol. The van der Waals surface area contributed by atoms with E-state index >= 15 is 0 Å². The summed E-state index contributed by atoms with van der Waals surface area (Å²) in [6.45, 7) is 3.39. The van der Waals surface area contributed by atoms with Gasteiger partial charge in [-0.1, -0.05) is 24.6 Å². The molecule has 2 amide bonds. The lowest BCUT2D eigenvalue weighted by Crippen LogP contribution is -2.29. The maximum atomic E-state index is 12.0. The van der Waals surface area contributed by atoms with Crippen LogP contribution in [0.3, 0.4) is 0 Å². The van der Waals surface area contributed by atoms with Gasteiger partial charge in [-0.25, -0.2) is 4.98 Å². The molecule has 0 atom stereocenters. The number of rotatable bonds is 7. The summed E-state index contributed by atoms with van der Waals surface area (Å²) in [5.41, 5.74) is 1.60. The Morgan fingerprint density at radius 1 is 1.12 bits per heavy atom. The van der Waals surface area contributed by atoms with Crippen molar-refractivity contribution >= 4 is 28.3 Å². The molecule has 0 spiro atoms. The quantitative estimate of drug-likeness (QED) is 0.784. The van der Waals surface area contributed by atoms with Gasteiger partial charge in [0.2, 0.25) is 5.91 Å². The number of hydrogen-bond acceptors (Lipinski definition) is 5. The number of carbonyl (C=O) groups excluding carboxylic acids is 2. The monoisotopic (exact) mass is 372 g/mol. The van der Waals surface area contributed by atoms with Crippen LogP contribution in [0, 0.1) is 0 Å². The number of piperidine rings is 1. The third kappa shape index (κ3) is 5.64. The number of benzene rings is 1. The Labute approximate surface area is 157 Å². The third-order valence-electron chi connectivity index (χ3n) is 4.31. The summed E-state index contributed by atoms with van der Waals surface area (Å²) in [5, 5.41) is 8.19. The lowest BCUT2D eigenvalue weighted by molar-refractivity contribution is -0.116. The number of hydrogen-bond donors (Lipinski definition) is 2. The summed E-state index contributed by atoms with van der Waals surface area (Å²) >= 11 is 1.45. The zero-order valence-corrected chi connectivity index (χ0v) is 15.6. The van der Waals surface area contributed by atoms with Crippen LogP contribution in [0.4, 0.5) is 5.13 Å². The first-order chi connectivity index (χ1) is 12.7. The Kier molecular flexibility index (Phi) is 6.74. The highest BCUT2D eigenvalue weighted by Gasteiger charge is 2.13. The predicted molar refractivity (Wildman–Crippen MR) is 103 cm³/mol. The predicted octanol–water partition coefficient (Wildman–Crippen LogP) is 2.89. The van der Waals surface area contributed by atoms with E-state index < -0.39 is 0 Å². The molecule has 2 aromatic rings. The molecule has 6 nitrogen and oxygen atoms in total.